The standard InChI is InChI=1S/C19H21Cl2N3O3S/c1-14-7-8-16(20)19(18(14)21)22-17(25)13-23-9-11-24(12-10-23)28(26,27)15-5-3-2-4-6-15/h2-8H,9-13H2,1H3,(H,22,25). The fraction of sp³-hybridized carbons (Fsp3) is 0.316. The number of hydrogen-bond acceptors (Lipinski definition) is 4. The Bertz CT molecular complexity index is 960. The minimum Gasteiger partial charge on any atom is -0.322 e. The highest BCUT2D eigenvalue weighted by molar-refractivity contribution is 7.89. The molecule has 1 N–H and O–H groups in total. The van der Waals surface area contributed by atoms with Gasteiger partial charge in [-0.1, -0.05) is 47.5 Å². The predicted molar refractivity (Wildman–Crippen MR) is 111 cm³/mol. The SMILES string of the molecule is Cc1ccc(Cl)c(NC(=O)CN2CCN(S(=O)(=O)c3ccccc3)CC2)c1Cl. The van der Waals surface area contributed by atoms with E-state index in [9.17, 15) is 13.2 Å². The maximum Gasteiger partial charge on any atom is 0.243 e. The first-order chi connectivity index (χ1) is 13.3. The van der Waals surface area contributed by atoms with Crippen LogP contribution in [-0.4, -0.2) is 56.3 Å². The number of anilines is 1. The van der Waals surface area contributed by atoms with Gasteiger partial charge in [-0.15, -0.1) is 0 Å². The van der Waals surface area contributed by atoms with Crippen molar-refractivity contribution in [3.05, 3.63) is 58.1 Å². The molecule has 9 heteroatoms. The first-order valence-corrected chi connectivity index (χ1v) is 11.0. The van der Waals surface area contributed by atoms with E-state index in [4.69, 9.17) is 23.2 Å². The molecule has 1 aliphatic rings. The lowest BCUT2D eigenvalue weighted by molar-refractivity contribution is -0.117. The van der Waals surface area contributed by atoms with Crippen LogP contribution in [0.3, 0.4) is 0 Å². The molecule has 0 aliphatic carbocycles. The Morgan fingerprint density at radius 3 is 2.32 bits per heavy atom. The normalized spacial score (nSPS) is 16.1. The highest BCUT2D eigenvalue weighted by Crippen LogP contribution is 2.32. The van der Waals surface area contributed by atoms with Crippen LogP contribution in [0.15, 0.2) is 47.4 Å². The van der Waals surface area contributed by atoms with Gasteiger partial charge in [0.25, 0.3) is 0 Å². The van der Waals surface area contributed by atoms with Gasteiger partial charge < -0.3 is 5.32 Å². The summed E-state index contributed by atoms with van der Waals surface area (Å²) in [6.45, 7) is 3.57. The van der Waals surface area contributed by atoms with Gasteiger partial charge in [-0.25, -0.2) is 8.42 Å². The van der Waals surface area contributed by atoms with Crippen LogP contribution in [0.25, 0.3) is 0 Å². The summed E-state index contributed by atoms with van der Waals surface area (Å²) in [5.41, 5.74) is 1.22. The molecule has 0 unspecified atom stereocenters. The van der Waals surface area contributed by atoms with E-state index in [0.717, 1.165) is 5.56 Å². The molecule has 0 saturated carbocycles. The smallest absolute Gasteiger partial charge is 0.243 e. The summed E-state index contributed by atoms with van der Waals surface area (Å²) in [7, 11) is -3.51. The van der Waals surface area contributed by atoms with Crippen LogP contribution in [0.1, 0.15) is 5.56 Å². The minimum absolute atomic E-state index is 0.139. The summed E-state index contributed by atoms with van der Waals surface area (Å²) in [6, 6.07) is 11.8. The average molecular weight is 442 g/mol. The molecule has 0 atom stereocenters. The van der Waals surface area contributed by atoms with Crippen molar-refractivity contribution in [2.45, 2.75) is 11.8 Å². The van der Waals surface area contributed by atoms with Crippen LogP contribution in [0.2, 0.25) is 10.0 Å². The van der Waals surface area contributed by atoms with Crippen LogP contribution < -0.4 is 5.32 Å². The quantitative estimate of drug-likeness (QED) is 0.772. The van der Waals surface area contributed by atoms with Crippen LogP contribution in [-0.2, 0) is 14.8 Å². The number of nitrogens with one attached hydrogen (secondary N) is 1. The first-order valence-electron chi connectivity index (χ1n) is 8.81. The predicted octanol–water partition coefficient (Wildman–Crippen LogP) is 3.25. The fourth-order valence-electron chi connectivity index (χ4n) is 3.02. The number of amides is 1. The summed E-state index contributed by atoms with van der Waals surface area (Å²) in [6.07, 6.45) is 0. The van der Waals surface area contributed by atoms with Gasteiger partial charge in [-0.3, -0.25) is 9.69 Å². The second-order valence-corrected chi connectivity index (χ2v) is 9.32. The topological polar surface area (TPSA) is 69.7 Å². The van der Waals surface area contributed by atoms with Gasteiger partial charge >= 0.3 is 0 Å². The van der Waals surface area contributed by atoms with Crippen molar-refractivity contribution in [1.29, 1.82) is 0 Å². The molecule has 0 spiro atoms. The second kappa shape index (κ2) is 8.80. The molecule has 0 radical (unpaired) electrons. The van der Waals surface area contributed by atoms with Crippen LogP contribution >= 0.6 is 23.2 Å². The number of carbonyl (C=O) groups is 1. The number of rotatable bonds is 5. The Kier molecular flexibility index (Phi) is 6.62. The van der Waals surface area contributed by atoms with Gasteiger partial charge in [0.2, 0.25) is 15.9 Å². The molecule has 0 aromatic heterocycles. The molecule has 6 nitrogen and oxygen atoms in total. The lowest BCUT2D eigenvalue weighted by Gasteiger charge is -2.33. The van der Waals surface area contributed by atoms with Gasteiger partial charge in [0.1, 0.15) is 0 Å². The second-order valence-electron chi connectivity index (χ2n) is 6.59. The number of piperazine rings is 1. The van der Waals surface area contributed by atoms with Crippen molar-refractivity contribution < 1.29 is 13.2 Å². The van der Waals surface area contributed by atoms with E-state index in [1.807, 2.05) is 11.8 Å². The fourth-order valence-corrected chi connectivity index (χ4v) is 4.93. The molecule has 1 saturated heterocycles. The van der Waals surface area contributed by atoms with E-state index < -0.39 is 10.0 Å². The van der Waals surface area contributed by atoms with E-state index in [0.29, 0.717) is 41.9 Å². The number of sulfonamides is 1. The number of nitrogens with zero attached hydrogens (tertiary/aromatic N) is 2. The van der Waals surface area contributed by atoms with Gasteiger partial charge in [-0.05, 0) is 30.7 Å². The number of carbonyl (C=O) groups excluding carboxylic acids is 1. The van der Waals surface area contributed by atoms with E-state index in [1.54, 1.807) is 42.5 Å². The molecule has 3 rings (SSSR count). The Morgan fingerprint density at radius 1 is 1.04 bits per heavy atom. The Hall–Kier alpha value is -1.64. The molecule has 150 valence electrons. The van der Waals surface area contributed by atoms with Crippen LogP contribution in [0, 0.1) is 6.92 Å². The third-order valence-corrected chi connectivity index (χ3v) is 7.34. The molecule has 1 heterocycles. The van der Waals surface area contributed by atoms with E-state index >= 15 is 0 Å². The molecule has 1 amide bonds. The maximum atomic E-state index is 12.7. The Labute approximate surface area is 175 Å². The van der Waals surface area contributed by atoms with Crippen molar-refractivity contribution >= 4 is 44.8 Å². The van der Waals surface area contributed by atoms with Crippen molar-refractivity contribution in [3.63, 3.8) is 0 Å². The highest BCUT2D eigenvalue weighted by Gasteiger charge is 2.29. The van der Waals surface area contributed by atoms with Crippen molar-refractivity contribution in [2.75, 3.05) is 38.0 Å². The van der Waals surface area contributed by atoms with Crippen LogP contribution in [0.5, 0.6) is 0 Å². The summed E-state index contributed by atoms with van der Waals surface area (Å²) in [5.74, 6) is -0.242. The molecule has 2 aromatic carbocycles. The molecular weight excluding hydrogens is 421 g/mol. The summed E-state index contributed by atoms with van der Waals surface area (Å²) in [5, 5.41) is 3.55. The van der Waals surface area contributed by atoms with E-state index in [2.05, 4.69) is 5.32 Å². The molecule has 1 aliphatic heterocycles. The zero-order valence-electron chi connectivity index (χ0n) is 15.4. The number of hydrogen-bond donors (Lipinski definition) is 1. The van der Waals surface area contributed by atoms with Gasteiger partial charge in [0.15, 0.2) is 0 Å². The minimum atomic E-state index is -3.51. The van der Waals surface area contributed by atoms with Crippen molar-refractivity contribution in [2.24, 2.45) is 0 Å². The van der Waals surface area contributed by atoms with Gasteiger partial charge in [-0.2, -0.15) is 4.31 Å². The third-order valence-electron chi connectivity index (χ3n) is 4.63. The molecule has 28 heavy (non-hydrogen) atoms. The number of halogens is 2. The summed E-state index contributed by atoms with van der Waals surface area (Å²) in [4.78, 5) is 14.6. The molecule has 1 fully saturated rings. The lowest BCUT2D eigenvalue weighted by Crippen LogP contribution is -2.50. The largest absolute Gasteiger partial charge is 0.322 e. The lowest BCUT2D eigenvalue weighted by atomic mass is 10.2. The van der Waals surface area contributed by atoms with Gasteiger partial charge in [0, 0.05) is 26.2 Å². The van der Waals surface area contributed by atoms with E-state index in [-0.39, 0.29) is 17.3 Å². The zero-order valence-corrected chi connectivity index (χ0v) is 17.7. The van der Waals surface area contributed by atoms with Crippen molar-refractivity contribution in [3.8, 4) is 0 Å². The molecular formula is C19H21Cl2N3O3S. The monoisotopic (exact) mass is 441 g/mol. The Morgan fingerprint density at radius 2 is 1.68 bits per heavy atom. The van der Waals surface area contributed by atoms with E-state index in [1.165, 1.54) is 4.31 Å². The Balaban J connectivity index is 1.58. The van der Waals surface area contributed by atoms with Gasteiger partial charge in [0.05, 0.1) is 27.2 Å². The summed E-state index contributed by atoms with van der Waals surface area (Å²) >= 11 is 12.4. The average Bonchev–Trinajstić information content (AvgIpc) is 2.69. The maximum absolute atomic E-state index is 12.7. The molecule has 0 bridgehead atoms. The number of aryl methyl sites for hydroxylation is 1. The van der Waals surface area contributed by atoms with Crippen molar-refractivity contribution in [1.82, 2.24) is 9.21 Å². The van der Waals surface area contributed by atoms with Crippen LogP contribution in [0.4, 0.5) is 5.69 Å². The highest BCUT2D eigenvalue weighted by atomic mass is 35.5. The summed E-state index contributed by atoms with van der Waals surface area (Å²) < 4.78 is 26.8. The zero-order chi connectivity index (χ0) is 20.3. The molecule has 2 aromatic rings. The first kappa shape index (κ1) is 21.1. The number of benzene rings is 2. The third kappa shape index (κ3) is 4.67.